The van der Waals surface area contributed by atoms with E-state index in [2.05, 4.69) is 34.6 Å². The summed E-state index contributed by atoms with van der Waals surface area (Å²) in [5.41, 5.74) is 3.20. The molecular weight excluding hydrogens is 408 g/mol. The molecule has 1 heterocycles. The number of esters is 1. The first-order valence-electron chi connectivity index (χ1n) is 10.8. The Balaban J connectivity index is 1.46. The van der Waals surface area contributed by atoms with Crippen LogP contribution in [0.15, 0.2) is 59.8 Å². The van der Waals surface area contributed by atoms with Gasteiger partial charge in [-0.1, -0.05) is 48.5 Å². The fraction of sp³-hybridized carbons (Fsp3) is 0.375. The van der Waals surface area contributed by atoms with Crippen molar-refractivity contribution in [3.05, 3.63) is 66.0 Å². The first-order chi connectivity index (χ1) is 15.2. The van der Waals surface area contributed by atoms with Crippen LogP contribution < -0.4 is 5.32 Å². The first kappa shape index (κ1) is 21.4. The molecule has 1 N–H and O–H groups in total. The standard InChI is InChI=1S/C24H28N4O2S/c1-18-9-8-10-19(15-18)25-16-22-26-27-24(28(22)20-11-4-2-5-12-20)31-17-23(29)30-21-13-6-3-7-14-21/h2,4-5,8-12,15,21,25H,3,6-7,13-14,16-17H2,1H3. The summed E-state index contributed by atoms with van der Waals surface area (Å²) in [5.74, 6) is 0.835. The molecule has 0 aliphatic heterocycles. The largest absolute Gasteiger partial charge is 0.462 e. The average Bonchev–Trinajstić information content (AvgIpc) is 3.20. The lowest BCUT2D eigenvalue weighted by molar-refractivity contribution is -0.147. The van der Waals surface area contributed by atoms with Crippen LogP contribution in [0.3, 0.4) is 0 Å². The Kier molecular flexibility index (Phi) is 7.25. The number of ether oxygens (including phenoxy) is 1. The fourth-order valence-corrected chi connectivity index (χ4v) is 4.56. The Morgan fingerprint density at radius 3 is 2.68 bits per heavy atom. The Hall–Kier alpha value is -2.80. The molecule has 0 saturated heterocycles. The Morgan fingerprint density at radius 1 is 1.10 bits per heavy atom. The van der Waals surface area contributed by atoms with E-state index >= 15 is 0 Å². The van der Waals surface area contributed by atoms with Crippen LogP contribution in [-0.2, 0) is 16.1 Å². The van der Waals surface area contributed by atoms with E-state index in [1.165, 1.54) is 23.7 Å². The minimum atomic E-state index is -0.182. The second kappa shape index (κ2) is 10.5. The highest BCUT2D eigenvalue weighted by molar-refractivity contribution is 7.99. The quantitative estimate of drug-likeness (QED) is 0.389. The monoisotopic (exact) mass is 436 g/mol. The molecule has 1 aliphatic rings. The Morgan fingerprint density at radius 2 is 1.90 bits per heavy atom. The van der Waals surface area contributed by atoms with E-state index in [1.807, 2.05) is 47.0 Å². The maximum atomic E-state index is 12.4. The third kappa shape index (κ3) is 5.88. The molecule has 3 aromatic rings. The zero-order valence-electron chi connectivity index (χ0n) is 17.8. The molecule has 1 aliphatic carbocycles. The summed E-state index contributed by atoms with van der Waals surface area (Å²) in [6.45, 7) is 2.59. The molecule has 6 nitrogen and oxygen atoms in total. The molecule has 0 unspecified atom stereocenters. The van der Waals surface area contributed by atoms with Crippen molar-refractivity contribution in [1.29, 1.82) is 0 Å². The van der Waals surface area contributed by atoms with Gasteiger partial charge in [0.15, 0.2) is 11.0 Å². The van der Waals surface area contributed by atoms with E-state index in [4.69, 9.17) is 4.74 Å². The van der Waals surface area contributed by atoms with Gasteiger partial charge in [0.05, 0.1) is 12.3 Å². The molecule has 2 aromatic carbocycles. The maximum absolute atomic E-state index is 12.4. The smallest absolute Gasteiger partial charge is 0.316 e. The minimum absolute atomic E-state index is 0.0722. The predicted molar refractivity (Wildman–Crippen MR) is 124 cm³/mol. The van der Waals surface area contributed by atoms with Gasteiger partial charge < -0.3 is 10.1 Å². The van der Waals surface area contributed by atoms with E-state index in [-0.39, 0.29) is 17.8 Å². The first-order valence-corrected chi connectivity index (χ1v) is 11.8. The van der Waals surface area contributed by atoms with Gasteiger partial charge in [0.2, 0.25) is 0 Å². The second-order valence-corrected chi connectivity index (χ2v) is 8.77. The van der Waals surface area contributed by atoms with E-state index in [0.29, 0.717) is 11.7 Å². The van der Waals surface area contributed by atoms with Gasteiger partial charge in [-0.3, -0.25) is 9.36 Å². The average molecular weight is 437 g/mol. The summed E-state index contributed by atoms with van der Waals surface area (Å²) in [7, 11) is 0. The van der Waals surface area contributed by atoms with Gasteiger partial charge in [-0.25, -0.2) is 0 Å². The van der Waals surface area contributed by atoms with Gasteiger partial charge in [-0.2, -0.15) is 0 Å². The molecule has 0 radical (unpaired) electrons. The molecular formula is C24H28N4O2S. The highest BCUT2D eigenvalue weighted by atomic mass is 32.2. The number of hydrogen-bond acceptors (Lipinski definition) is 6. The van der Waals surface area contributed by atoms with Crippen LogP contribution in [0.25, 0.3) is 5.69 Å². The number of aryl methyl sites for hydroxylation is 1. The zero-order chi connectivity index (χ0) is 21.5. The van der Waals surface area contributed by atoms with Crippen molar-refractivity contribution < 1.29 is 9.53 Å². The van der Waals surface area contributed by atoms with Gasteiger partial charge in [-0.15, -0.1) is 10.2 Å². The summed E-state index contributed by atoms with van der Waals surface area (Å²) >= 11 is 1.37. The highest BCUT2D eigenvalue weighted by Crippen LogP contribution is 2.25. The molecule has 1 fully saturated rings. The van der Waals surface area contributed by atoms with E-state index < -0.39 is 0 Å². The van der Waals surface area contributed by atoms with Crippen molar-refractivity contribution in [2.45, 2.75) is 56.8 Å². The lowest BCUT2D eigenvalue weighted by Crippen LogP contribution is -2.22. The number of benzene rings is 2. The van der Waals surface area contributed by atoms with Crippen LogP contribution >= 0.6 is 11.8 Å². The minimum Gasteiger partial charge on any atom is -0.462 e. The van der Waals surface area contributed by atoms with Crippen LogP contribution in [0.1, 0.15) is 43.5 Å². The summed E-state index contributed by atoms with van der Waals surface area (Å²) in [4.78, 5) is 12.4. The molecule has 0 spiro atoms. The highest BCUT2D eigenvalue weighted by Gasteiger charge is 2.20. The molecule has 7 heteroatoms. The molecule has 0 amide bonds. The molecule has 4 rings (SSSR count). The van der Waals surface area contributed by atoms with Crippen molar-refractivity contribution in [1.82, 2.24) is 14.8 Å². The number of para-hydroxylation sites is 1. The van der Waals surface area contributed by atoms with Crippen LogP contribution in [0.2, 0.25) is 0 Å². The van der Waals surface area contributed by atoms with Crippen molar-refractivity contribution in [2.24, 2.45) is 0 Å². The third-order valence-corrected chi connectivity index (χ3v) is 6.26. The van der Waals surface area contributed by atoms with E-state index in [1.54, 1.807) is 0 Å². The van der Waals surface area contributed by atoms with Crippen LogP contribution in [0, 0.1) is 6.92 Å². The van der Waals surface area contributed by atoms with Crippen LogP contribution in [0.5, 0.6) is 0 Å². The molecule has 1 saturated carbocycles. The summed E-state index contributed by atoms with van der Waals surface area (Å²) in [5, 5.41) is 12.9. The van der Waals surface area contributed by atoms with Gasteiger partial charge >= 0.3 is 5.97 Å². The number of nitrogens with one attached hydrogen (secondary N) is 1. The number of aromatic nitrogens is 3. The van der Waals surface area contributed by atoms with Crippen LogP contribution in [0.4, 0.5) is 5.69 Å². The van der Waals surface area contributed by atoms with Crippen molar-refractivity contribution >= 4 is 23.4 Å². The normalized spacial score (nSPS) is 14.4. The number of carbonyl (C=O) groups excluding carboxylic acids is 1. The van der Waals surface area contributed by atoms with Gasteiger partial charge in [0.25, 0.3) is 0 Å². The molecule has 0 atom stereocenters. The Labute approximate surface area is 187 Å². The summed E-state index contributed by atoms with van der Waals surface area (Å²) in [6, 6.07) is 18.2. The van der Waals surface area contributed by atoms with Gasteiger partial charge in [-0.05, 0) is 62.4 Å². The number of rotatable bonds is 8. The lowest BCUT2D eigenvalue weighted by Gasteiger charge is -2.21. The summed E-state index contributed by atoms with van der Waals surface area (Å²) in [6.07, 6.45) is 5.55. The second-order valence-electron chi connectivity index (χ2n) is 7.83. The fourth-order valence-electron chi connectivity index (χ4n) is 3.81. The number of carbonyl (C=O) groups is 1. The SMILES string of the molecule is Cc1cccc(NCc2nnc(SCC(=O)OC3CCCCC3)n2-c2ccccc2)c1. The van der Waals surface area contributed by atoms with Gasteiger partial charge in [0, 0.05) is 11.4 Å². The number of thioether (sulfide) groups is 1. The zero-order valence-corrected chi connectivity index (χ0v) is 18.6. The number of hydrogen-bond donors (Lipinski definition) is 1. The Bertz CT molecular complexity index is 1000. The van der Waals surface area contributed by atoms with Crippen molar-refractivity contribution in [3.63, 3.8) is 0 Å². The lowest BCUT2D eigenvalue weighted by atomic mass is 9.98. The number of nitrogens with zero attached hydrogens (tertiary/aromatic N) is 3. The van der Waals surface area contributed by atoms with Crippen molar-refractivity contribution in [3.8, 4) is 5.69 Å². The molecule has 31 heavy (non-hydrogen) atoms. The topological polar surface area (TPSA) is 69.0 Å². The molecule has 1 aromatic heterocycles. The van der Waals surface area contributed by atoms with E-state index in [0.717, 1.165) is 42.9 Å². The maximum Gasteiger partial charge on any atom is 0.316 e. The van der Waals surface area contributed by atoms with Crippen molar-refractivity contribution in [2.75, 3.05) is 11.1 Å². The third-order valence-electron chi connectivity index (χ3n) is 5.35. The summed E-state index contributed by atoms with van der Waals surface area (Å²) < 4.78 is 7.65. The molecule has 162 valence electrons. The van der Waals surface area contributed by atoms with Gasteiger partial charge in [0.1, 0.15) is 6.10 Å². The van der Waals surface area contributed by atoms with E-state index in [9.17, 15) is 4.79 Å². The predicted octanol–water partition coefficient (Wildman–Crippen LogP) is 5.16. The van der Waals surface area contributed by atoms with Crippen LogP contribution in [-0.4, -0.2) is 32.6 Å². The number of anilines is 1. The molecule has 0 bridgehead atoms.